The maximum absolute atomic E-state index is 12.3. The molecule has 0 saturated carbocycles. The van der Waals surface area contributed by atoms with E-state index >= 15 is 0 Å². The highest BCUT2D eigenvalue weighted by Gasteiger charge is 2.20. The van der Waals surface area contributed by atoms with E-state index in [4.69, 9.17) is 16.6 Å². The third kappa shape index (κ3) is 5.77. The molecular formula is C16H20F2N3OS2+. The summed E-state index contributed by atoms with van der Waals surface area (Å²) >= 11 is 5.80. The number of thioether (sulfide) groups is 1. The zero-order chi connectivity index (χ0) is 17.5. The maximum Gasteiger partial charge on any atom is 0.288 e. The van der Waals surface area contributed by atoms with Crippen LogP contribution in [0.3, 0.4) is 0 Å². The van der Waals surface area contributed by atoms with Crippen molar-refractivity contribution in [3.8, 4) is 0 Å². The van der Waals surface area contributed by atoms with E-state index in [2.05, 4.69) is 10.6 Å². The molecule has 0 bridgehead atoms. The molecule has 3 N–H and O–H groups in total. The second kappa shape index (κ2) is 9.00. The summed E-state index contributed by atoms with van der Waals surface area (Å²) < 4.78 is 30.1. The van der Waals surface area contributed by atoms with Crippen LogP contribution in [0.25, 0.3) is 0 Å². The van der Waals surface area contributed by atoms with Crippen LogP contribution in [0.4, 0.5) is 14.5 Å². The molecule has 0 amide bonds. The Morgan fingerprint density at radius 3 is 2.50 bits per heavy atom. The number of alkyl halides is 2. The van der Waals surface area contributed by atoms with Gasteiger partial charge in [-0.25, -0.2) is 0 Å². The van der Waals surface area contributed by atoms with Gasteiger partial charge >= 0.3 is 0 Å². The van der Waals surface area contributed by atoms with Gasteiger partial charge in [0, 0.05) is 10.6 Å². The fourth-order valence-electron chi connectivity index (χ4n) is 2.17. The summed E-state index contributed by atoms with van der Waals surface area (Å²) in [6, 6.07) is 10.6. The number of thiocarbonyl (C=S) groups is 1. The molecule has 0 unspecified atom stereocenters. The second-order valence-corrected chi connectivity index (χ2v) is 6.85. The van der Waals surface area contributed by atoms with E-state index in [1.54, 1.807) is 30.5 Å². The van der Waals surface area contributed by atoms with Crippen LogP contribution in [-0.4, -0.2) is 31.5 Å². The van der Waals surface area contributed by atoms with Gasteiger partial charge in [0.05, 0.1) is 26.9 Å². The Labute approximate surface area is 149 Å². The summed E-state index contributed by atoms with van der Waals surface area (Å²) in [7, 11) is 4.09. The number of benzene rings is 1. The summed E-state index contributed by atoms with van der Waals surface area (Å²) in [5.74, 6) is -1.53. The Bertz CT molecular complexity index is 633. The monoisotopic (exact) mass is 372 g/mol. The van der Waals surface area contributed by atoms with E-state index in [1.165, 1.54) is 4.90 Å². The molecule has 1 atom stereocenters. The van der Waals surface area contributed by atoms with Crippen molar-refractivity contribution >= 4 is 34.8 Å². The van der Waals surface area contributed by atoms with Crippen molar-refractivity contribution in [1.82, 2.24) is 5.32 Å². The highest BCUT2D eigenvalue weighted by Crippen LogP contribution is 2.26. The number of hydrogen-bond acceptors (Lipinski definition) is 3. The van der Waals surface area contributed by atoms with Crippen molar-refractivity contribution in [1.29, 1.82) is 0 Å². The Hall–Kier alpha value is -1.64. The van der Waals surface area contributed by atoms with Gasteiger partial charge in [-0.3, -0.25) is 0 Å². The molecule has 1 aromatic heterocycles. The summed E-state index contributed by atoms with van der Waals surface area (Å²) in [5.41, 5.74) is 0.748. The van der Waals surface area contributed by atoms with Crippen LogP contribution >= 0.6 is 24.0 Å². The molecule has 1 aromatic carbocycles. The lowest BCUT2D eigenvalue weighted by atomic mass is 10.2. The molecule has 1 heterocycles. The Morgan fingerprint density at radius 1 is 1.25 bits per heavy atom. The predicted molar refractivity (Wildman–Crippen MR) is 96.8 cm³/mol. The van der Waals surface area contributed by atoms with Crippen molar-refractivity contribution in [2.75, 3.05) is 26.0 Å². The van der Waals surface area contributed by atoms with Gasteiger partial charge in [-0.1, -0.05) is 11.8 Å². The normalized spacial score (nSPS) is 12.4. The number of halogens is 2. The minimum Gasteiger partial charge on any atom is -0.463 e. The molecule has 130 valence electrons. The van der Waals surface area contributed by atoms with Crippen LogP contribution in [0.15, 0.2) is 52.0 Å². The summed E-state index contributed by atoms with van der Waals surface area (Å²) in [5, 5.41) is 6.68. The zero-order valence-electron chi connectivity index (χ0n) is 13.4. The van der Waals surface area contributed by atoms with Crippen molar-refractivity contribution in [2.45, 2.75) is 16.7 Å². The quantitative estimate of drug-likeness (QED) is 0.515. The first-order valence-electron chi connectivity index (χ1n) is 7.39. The first kappa shape index (κ1) is 18.7. The van der Waals surface area contributed by atoms with Gasteiger partial charge in [0.2, 0.25) is 0 Å². The largest absolute Gasteiger partial charge is 0.463 e. The molecule has 0 fully saturated rings. The minimum absolute atomic E-state index is 0.129. The zero-order valence-corrected chi connectivity index (χ0v) is 15.0. The lowest BCUT2D eigenvalue weighted by molar-refractivity contribution is -0.891. The van der Waals surface area contributed by atoms with Crippen molar-refractivity contribution < 1.29 is 18.1 Å². The van der Waals surface area contributed by atoms with Gasteiger partial charge in [-0.15, -0.1) is 0 Å². The first-order valence-corrected chi connectivity index (χ1v) is 8.67. The predicted octanol–water partition coefficient (Wildman–Crippen LogP) is 2.77. The smallest absolute Gasteiger partial charge is 0.288 e. The van der Waals surface area contributed by atoms with Gasteiger partial charge in [0.15, 0.2) is 16.9 Å². The van der Waals surface area contributed by atoms with Crippen LogP contribution in [0.1, 0.15) is 11.8 Å². The summed E-state index contributed by atoms with van der Waals surface area (Å²) in [6.07, 6.45) is 1.65. The fraction of sp³-hybridized carbons (Fsp3) is 0.312. The standard InChI is InChI=1S/C16H19F2N3OS2/c1-21(2)13(14-4-3-9-22-14)10-19-16(23)20-11-5-7-12(8-6-11)24-15(17)18/h3-9,13,15H,10H2,1-2H3,(H2,19,20,23)/p+1/t13-/m1/s1. The van der Waals surface area contributed by atoms with E-state index in [0.29, 0.717) is 28.3 Å². The van der Waals surface area contributed by atoms with Crippen molar-refractivity contribution in [2.24, 2.45) is 0 Å². The maximum atomic E-state index is 12.3. The average Bonchev–Trinajstić information content (AvgIpc) is 3.02. The third-order valence-corrected chi connectivity index (χ3v) is 4.36. The SMILES string of the molecule is C[NH+](C)[C@H](CNC(=S)Nc1ccc(SC(F)F)cc1)c1ccco1. The number of furan rings is 1. The van der Waals surface area contributed by atoms with Crippen molar-refractivity contribution in [3.05, 3.63) is 48.4 Å². The molecule has 8 heteroatoms. The summed E-state index contributed by atoms with van der Waals surface area (Å²) in [4.78, 5) is 1.73. The fourth-order valence-corrected chi connectivity index (χ4v) is 2.87. The van der Waals surface area contributed by atoms with Crippen LogP contribution in [0.2, 0.25) is 0 Å². The number of anilines is 1. The highest BCUT2D eigenvalue weighted by atomic mass is 32.2. The third-order valence-electron chi connectivity index (χ3n) is 3.39. The highest BCUT2D eigenvalue weighted by molar-refractivity contribution is 7.99. The molecule has 24 heavy (non-hydrogen) atoms. The number of hydrogen-bond donors (Lipinski definition) is 3. The molecule has 0 aliphatic carbocycles. The van der Waals surface area contributed by atoms with Crippen LogP contribution in [0, 0.1) is 0 Å². The van der Waals surface area contributed by atoms with Crippen LogP contribution in [0.5, 0.6) is 0 Å². The Morgan fingerprint density at radius 2 is 1.96 bits per heavy atom. The molecule has 0 radical (unpaired) electrons. The lowest BCUT2D eigenvalue weighted by Crippen LogP contribution is -3.07. The average molecular weight is 372 g/mol. The Balaban J connectivity index is 1.86. The minimum atomic E-state index is -2.42. The van der Waals surface area contributed by atoms with Gasteiger partial charge in [-0.05, 0) is 48.6 Å². The van der Waals surface area contributed by atoms with E-state index < -0.39 is 5.76 Å². The summed E-state index contributed by atoms with van der Waals surface area (Å²) in [6.45, 7) is 0.612. The van der Waals surface area contributed by atoms with E-state index in [0.717, 1.165) is 11.4 Å². The van der Waals surface area contributed by atoms with Gasteiger partial charge < -0.3 is 20.0 Å². The second-order valence-electron chi connectivity index (χ2n) is 5.38. The van der Waals surface area contributed by atoms with E-state index in [-0.39, 0.29) is 6.04 Å². The number of nitrogens with one attached hydrogen (secondary N) is 3. The lowest BCUT2D eigenvalue weighted by Gasteiger charge is -2.20. The molecule has 0 aliphatic heterocycles. The van der Waals surface area contributed by atoms with Crippen LogP contribution < -0.4 is 15.5 Å². The topological polar surface area (TPSA) is 41.6 Å². The van der Waals surface area contributed by atoms with E-state index in [9.17, 15) is 8.78 Å². The molecule has 0 saturated heterocycles. The number of rotatable bonds is 7. The molecular weight excluding hydrogens is 352 g/mol. The molecule has 0 spiro atoms. The molecule has 2 rings (SSSR count). The van der Waals surface area contributed by atoms with Gasteiger partial charge in [0.25, 0.3) is 5.76 Å². The van der Waals surface area contributed by atoms with Crippen molar-refractivity contribution in [3.63, 3.8) is 0 Å². The number of quaternary nitrogens is 1. The van der Waals surface area contributed by atoms with E-state index in [1.807, 2.05) is 26.2 Å². The molecule has 2 aromatic rings. The van der Waals surface area contributed by atoms with Gasteiger partial charge in [0.1, 0.15) is 0 Å². The molecule has 4 nitrogen and oxygen atoms in total. The van der Waals surface area contributed by atoms with Gasteiger partial charge in [-0.2, -0.15) is 8.78 Å². The molecule has 0 aliphatic rings. The Kier molecular flexibility index (Phi) is 7.01. The first-order chi connectivity index (χ1) is 11.5. The van der Waals surface area contributed by atoms with Crippen LogP contribution in [-0.2, 0) is 0 Å². The number of likely N-dealkylation sites (N-methyl/N-ethyl adjacent to an activating group) is 1.